The Bertz CT molecular complexity index is 1020. The van der Waals surface area contributed by atoms with Gasteiger partial charge in [0.05, 0.1) is 26.4 Å². The SMILES string of the molecule is CCCCCCCCCCOC(=O)Cc1onc(-c2ccc(OC)cc2)c1-c1ccc(OC)cc1. The number of carbonyl (C=O) groups is 1. The minimum atomic E-state index is -0.305. The van der Waals surface area contributed by atoms with Gasteiger partial charge in [-0.3, -0.25) is 4.79 Å². The lowest BCUT2D eigenvalue weighted by Gasteiger charge is -2.08. The molecule has 3 aromatic rings. The van der Waals surface area contributed by atoms with Crippen LogP contribution in [0.1, 0.15) is 64.1 Å². The summed E-state index contributed by atoms with van der Waals surface area (Å²) in [5.74, 6) is 1.69. The first kappa shape index (κ1) is 26.3. The Hall–Kier alpha value is -3.28. The molecule has 1 heterocycles. The van der Waals surface area contributed by atoms with Crippen LogP contribution in [0.25, 0.3) is 22.4 Å². The maximum absolute atomic E-state index is 12.6. The molecule has 0 aliphatic heterocycles. The topological polar surface area (TPSA) is 70.8 Å². The van der Waals surface area contributed by atoms with Crippen molar-refractivity contribution in [3.63, 3.8) is 0 Å². The fourth-order valence-corrected chi connectivity index (χ4v) is 4.05. The Morgan fingerprint density at radius 2 is 1.31 bits per heavy atom. The van der Waals surface area contributed by atoms with E-state index in [1.807, 2.05) is 48.5 Å². The van der Waals surface area contributed by atoms with Gasteiger partial charge in [-0.1, -0.05) is 69.2 Å². The summed E-state index contributed by atoms with van der Waals surface area (Å²) in [5.41, 5.74) is 3.22. The molecule has 3 rings (SSSR count). The van der Waals surface area contributed by atoms with Crippen LogP contribution in [0.3, 0.4) is 0 Å². The molecule has 0 N–H and O–H groups in total. The Balaban J connectivity index is 1.65. The minimum absolute atomic E-state index is 0.0293. The number of benzene rings is 2. The number of hydrogen-bond donors (Lipinski definition) is 0. The molecule has 0 saturated heterocycles. The second-order valence-electron chi connectivity index (χ2n) is 8.66. The maximum atomic E-state index is 12.6. The number of esters is 1. The summed E-state index contributed by atoms with van der Waals surface area (Å²) in [6.07, 6.45) is 9.64. The molecular formula is C29H37NO5. The molecule has 188 valence electrons. The van der Waals surface area contributed by atoms with Gasteiger partial charge in [0, 0.05) is 5.56 Å². The Kier molecular flexibility index (Phi) is 10.7. The molecule has 0 bridgehead atoms. The lowest BCUT2D eigenvalue weighted by Crippen LogP contribution is -2.09. The quantitative estimate of drug-likeness (QED) is 0.169. The van der Waals surface area contributed by atoms with E-state index >= 15 is 0 Å². The smallest absolute Gasteiger partial charge is 0.313 e. The fourth-order valence-electron chi connectivity index (χ4n) is 4.05. The van der Waals surface area contributed by atoms with Crippen molar-refractivity contribution >= 4 is 5.97 Å². The van der Waals surface area contributed by atoms with E-state index in [2.05, 4.69) is 12.1 Å². The highest BCUT2D eigenvalue weighted by Gasteiger charge is 2.22. The minimum Gasteiger partial charge on any atom is -0.497 e. The third-order valence-corrected chi connectivity index (χ3v) is 6.07. The molecule has 2 aromatic carbocycles. The highest BCUT2D eigenvalue weighted by atomic mass is 16.5. The largest absolute Gasteiger partial charge is 0.497 e. The molecule has 6 nitrogen and oxygen atoms in total. The molecule has 0 radical (unpaired) electrons. The molecule has 0 fully saturated rings. The van der Waals surface area contributed by atoms with Gasteiger partial charge in [0.15, 0.2) is 5.76 Å². The van der Waals surface area contributed by atoms with Crippen LogP contribution in [0.5, 0.6) is 11.5 Å². The van der Waals surface area contributed by atoms with Crippen molar-refractivity contribution in [2.45, 2.75) is 64.7 Å². The van der Waals surface area contributed by atoms with E-state index in [-0.39, 0.29) is 12.4 Å². The van der Waals surface area contributed by atoms with Crippen LogP contribution in [0.2, 0.25) is 0 Å². The standard InChI is InChI=1S/C29H37NO5/c1-4-5-6-7-8-9-10-11-20-34-27(31)21-26-28(22-12-16-24(32-2)17-13-22)29(30-35-26)23-14-18-25(33-3)19-15-23/h12-19H,4-11,20-21H2,1-3H3. The van der Waals surface area contributed by atoms with Crippen LogP contribution in [-0.2, 0) is 16.0 Å². The normalized spacial score (nSPS) is 10.8. The maximum Gasteiger partial charge on any atom is 0.313 e. The van der Waals surface area contributed by atoms with Crippen molar-refractivity contribution in [2.24, 2.45) is 0 Å². The van der Waals surface area contributed by atoms with E-state index < -0.39 is 0 Å². The first-order chi connectivity index (χ1) is 17.2. The van der Waals surface area contributed by atoms with Crippen LogP contribution in [0, 0.1) is 0 Å². The van der Waals surface area contributed by atoms with Gasteiger partial charge in [0.2, 0.25) is 0 Å². The third kappa shape index (κ3) is 7.88. The molecule has 0 amide bonds. The van der Waals surface area contributed by atoms with Gasteiger partial charge in [-0.05, 0) is 48.4 Å². The van der Waals surface area contributed by atoms with Gasteiger partial charge in [-0.25, -0.2) is 0 Å². The van der Waals surface area contributed by atoms with Gasteiger partial charge < -0.3 is 18.7 Å². The molecule has 0 saturated carbocycles. The summed E-state index contributed by atoms with van der Waals surface area (Å²) < 4.78 is 21.7. The zero-order valence-corrected chi connectivity index (χ0v) is 21.2. The molecule has 1 aromatic heterocycles. The average molecular weight is 480 g/mol. The van der Waals surface area contributed by atoms with E-state index in [0.717, 1.165) is 41.0 Å². The number of methoxy groups -OCH3 is 2. The highest BCUT2D eigenvalue weighted by Crippen LogP contribution is 2.36. The second kappa shape index (κ2) is 14.2. The predicted octanol–water partition coefficient (Wildman–Crippen LogP) is 7.25. The zero-order valence-electron chi connectivity index (χ0n) is 21.2. The molecule has 35 heavy (non-hydrogen) atoms. The summed E-state index contributed by atoms with van der Waals surface area (Å²) in [5, 5.41) is 4.31. The first-order valence-corrected chi connectivity index (χ1v) is 12.6. The van der Waals surface area contributed by atoms with Gasteiger partial charge >= 0.3 is 5.97 Å². The number of rotatable bonds is 15. The lowest BCUT2D eigenvalue weighted by molar-refractivity contribution is -0.143. The number of unbranched alkanes of at least 4 members (excludes halogenated alkanes) is 7. The Morgan fingerprint density at radius 3 is 1.89 bits per heavy atom. The summed E-state index contributed by atoms with van der Waals surface area (Å²) in [6, 6.07) is 15.2. The molecule has 0 aliphatic rings. The predicted molar refractivity (Wildman–Crippen MR) is 138 cm³/mol. The van der Waals surface area contributed by atoms with Crippen molar-refractivity contribution in [3.8, 4) is 33.9 Å². The van der Waals surface area contributed by atoms with E-state index in [9.17, 15) is 4.79 Å². The average Bonchev–Trinajstić information content (AvgIpc) is 3.31. The third-order valence-electron chi connectivity index (χ3n) is 6.07. The van der Waals surface area contributed by atoms with Crippen LogP contribution in [0.15, 0.2) is 53.1 Å². The molecule has 0 aliphatic carbocycles. The van der Waals surface area contributed by atoms with E-state index in [1.54, 1.807) is 14.2 Å². The van der Waals surface area contributed by atoms with Crippen molar-refractivity contribution < 1.29 is 23.5 Å². The number of carbonyl (C=O) groups excluding carboxylic acids is 1. The van der Waals surface area contributed by atoms with Gasteiger partial charge in [0.25, 0.3) is 0 Å². The summed E-state index contributed by atoms with van der Waals surface area (Å²) in [7, 11) is 3.26. The van der Waals surface area contributed by atoms with Crippen LogP contribution >= 0.6 is 0 Å². The molecule has 6 heteroatoms. The van der Waals surface area contributed by atoms with Gasteiger partial charge in [-0.2, -0.15) is 0 Å². The molecule has 0 atom stereocenters. The number of aromatic nitrogens is 1. The highest BCUT2D eigenvalue weighted by molar-refractivity contribution is 5.85. The second-order valence-corrected chi connectivity index (χ2v) is 8.66. The monoisotopic (exact) mass is 479 g/mol. The zero-order chi connectivity index (χ0) is 24.9. The first-order valence-electron chi connectivity index (χ1n) is 12.6. The van der Waals surface area contributed by atoms with Crippen molar-refractivity contribution in [3.05, 3.63) is 54.3 Å². The van der Waals surface area contributed by atoms with Crippen molar-refractivity contribution in [2.75, 3.05) is 20.8 Å². The summed E-state index contributed by atoms with van der Waals surface area (Å²) in [6.45, 7) is 2.66. The Morgan fingerprint density at radius 1 is 0.771 bits per heavy atom. The fraction of sp³-hybridized carbons (Fsp3) is 0.448. The molecular weight excluding hydrogens is 442 g/mol. The molecule has 0 spiro atoms. The van der Waals surface area contributed by atoms with Crippen molar-refractivity contribution in [1.29, 1.82) is 0 Å². The summed E-state index contributed by atoms with van der Waals surface area (Å²) in [4.78, 5) is 12.6. The van der Waals surface area contributed by atoms with Gasteiger partial charge in [0.1, 0.15) is 23.6 Å². The number of hydrogen-bond acceptors (Lipinski definition) is 6. The van der Waals surface area contributed by atoms with Crippen LogP contribution in [-0.4, -0.2) is 32.0 Å². The lowest BCUT2D eigenvalue weighted by atomic mass is 9.98. The number of ether oxygens (including phenoxy) is 3. The summed E-state index contributed by atoms with van der Waals surface area (Å²) >= 11 is 0. The number of nitrogens with zero attached hydrogens (tertiary/aromatic N) is 1. The Labute approximate surface area is 208 Å². The molecule has 0 unspecified atom stereocenters. The van der Waals surface area contributed by atoms with Crippen LogP contribution in [0.4, 0.5) is 0 Å². The van der Waals surface area contributed by atoms with E-state index in [4.69, 9.17) is 18.7 Å². The van der Waals surface area contributed by atoms with Crippen LogP contribution < -0.4 is 9.47 Å². The van der Waals surface area contributed by atoms with Gasteiger partial charge in [-0.15, -0.1) is 0 Å². The van der Waals surface area contributed by atoms with E-state index in [0.29, 0.717) is 18.1 Å². The van der Waals surface area contributed by atoms with E-state index in [1.165, 1.54) is 38.5 Å². The van der Waals surface area contributed by atoms with Crippen molar-refractivity contribution in [1.82, 2.24) is 5.16 Å².